The summed E-state index contributed by atoms with van der Waals surface area (Å²) < 4.78 is 0. The first-order chi connectivity index (χ1) is 27.0. The quantitative estimate of drug-likeness (QED) is 0.185. The highest BCUT2D eigenvalue weighted by atomic mass is 15.2. The van der Waals surface area contributed by atoms with Crippen molar-refractivity contribution in [3.05, 3.63) is 208 Å². The molecule has 3 aliphatic carbocycles. The van der Waals surface area contributed by atoms with Gasteiger partial charge in [0.2, 0.25) is 0 Å². The van der Waals surface area contributed by atoms with Crippen molar-refractivity contribution >= 4 is 50.4 Å². The fraction of sp³-hybridized carbons (Fsp3) is 0.132. The van der Waals surface area contributed by atoms with Crippen LogP contribution in [0.4, 0.5) is 11.4 Å². The molecule has 1 atom stereocenters. The molecule has 0 bridgehead atoms. The first-order valence-electron chi connectivity index (χ1n) is 19.6. The summed E-state index contributed by atoms with van der Waals surface area (Å²) in [5.41, 5.74) is 14.1. The van der Waals surface area contributed by atoms with E-state index >= 15 is 0 Å². The smallest absolute Gasteiger partial charge is 0.0629 e. The van der Waals surface area contributed by atoms with Crippen LogP contribution in [0.25, 0.3) is 50.1 Å². The molecule has 3 aliphatic rings. The third kappa shape index (κ3) is 5.39. The summed E-state index contributed by atoms with van der Waals surface area (Å²) in [5.74, 6) is 0. The molecular formula is C53H44N2. The molecule has 2 nitrogen and oxygen atoms in total. The summed E-state index contributed by atoms with van der Waals surface area (Å²) in [7, 11) is 0. The van der Waals surface area contributed by atoms with E-state index in [1.54, 1.807) is 0 Å². The highest BCUT2D eigenvalue weighted by Crippen LogP contribution is 2.49. The second-order valence-corrected chi connectivity index (χ2v) is 15.6. The van der Waals surface area contributed by atoms with Crippen LogP contribution < -0.4 is 20.7 Å². The lowest BCUT2D eigenvalue weighted by atomic mass is 9.81. The van der Waals surface area contributed by atoms with Crippen LogP contribution in [0.5, 0.6) is 0 Å². The van der Waals surface area contributed by atoms with E-state index in [1.165, 1.54) is 88.0 Å². The summed E-state index contributed by atoms with van der Waals surface area (Å²) in [5, 5.41) is 11.6. The lowest BCUT2D eigenvalue weighted by molar-refractivity contribution is 0.659. The molecule has 0 aromatic heterocycles. The van der Waals surface area contributed by atoms with Crippen LogP contribution in [0, 0.1) is 0 Å². The second-order valence-electron chi connectivity index (χ2n) is 15.6. The zero-order valence-corrected chi connectivity index (χ0v) is 31.7. The number of benzene rings is 7. The van der Waals surface area contributed by atoms with Gasteiger partial charge in [-0.15, -0.1) is 0 Å². The predicted molar refractivity (Wildman–Crippen MR) is 234 cm³/mol. The maximum absolute atomic E-state index is 4.07. The fourth-order valence-electron chi connectivity index (χ4n) is 9.50. The average Bonchev–Trinajstić information content (AvgIpc) is 3.45. The lowest BCUT2D eigenvalue weighted by Crippen LogP contribution is -2.43. The van der Waals surface area contributed by atoms with Crippen molar-refractivity contribution in [3.63, 3.8) is 0 Å². The fourth-order valence-corrected chi connectivity index (χ4v) is 9.50. The van der Waals surface area contributed by atoms with Crippen molar-refractivity contribution in [2.75, 3.05) is 10.2 Å². The van der Waals surface area contributed by atoms with Gasteiger partial charge in [0.25, 0.3) is 0 Å². The van der Waals surface area contributed by atoms with E-state index in [4.69, 9.17) is 0 Å². The van der Waals surface area contributed by atoms with Gasteiger partial charge in [0.05, 0.1) is 11.7 Å². The third-order valence-electron chi connectivity index (χ3n) is 12.2. The van der Waals surface area contributed by atoms with Gasteiger partial charge in [0.1, 0.15) is 0 Å². The van der Waals surface area contributed by atoms with Crippen LogP contribution in [0.2, 0.25) is 0 Å². The van der Waals surface area contributed by atoms with Gasteiger partial charge in [0, 0.05) is 50.1 Å². The molecule has 7 aromatic carbocycles. The average molecular weight is 709 g/mol. The Morgan fingerprint density at radius 1 is 0.673 bits per heavy atom. The van der Waals surface area contributed by atoms with Crippen LogP contribution in [0.3, 0.4) is 0 Å². The van der Waals surface area contributed by atoms with E-state index in [9.17, 15) is 0 Å². The Balaban J connectivity index is 1.35. The Labute approximate surface area is 323 Å². The van der Waals surface area contributed by atoms with Gasteiger partial charge >= 0.3 is 0 Å². The highest BCUT2D eigenvalue weighted by Gasteiger charge is 2.37. The summed E-state index contributed by atoms with van der Waals surface area (Å²) >= 11 is 0. The Morgan fingerprint density at radius 3 is 2.24 bits per heavy atom. The zero-order chi connectivity index (χ0) is 37.1. The van der Waals surface area contributed by atoms with Crippen molar-refractivity contribution in [2.45, 2.75) is 45.1 Å². The van der Waals surface area contributed by atoms with Crippen molar-refractivity contribution in [3.8, 4) is 11.1 Å². The largest absolute Gasteiger partial charge is 0.354 e. The number of hydrogen-bond donors (Lipinski definition) is 1. The van der Waals surface area contributed by atoms with Crippen LogP contribution in [-0.4, -0.2) is 0 Å². The van der Waals surface area contributed by atoms with Gasteiger partial charge in [-0.05, 0) is 87.3 Å². The number of nitrogens with zero attached hydrogens (tertiary/aromatic N) is 1. The van der Waals surface area contributed by atoms with Crippen LogP contribution >= 0.6 is 0 Å². The van der Waals surface area contributed by atoms with Gasteiger partial charge < -0.3 is 10.2 Å². The molecular weight excluding hydrogens is 665 g/mol. The van der Waals surface area contributed by atoms with Gasteiger partial charge in [-0.3, -0.25) is 0 Å². The molecule has 0 spiro atoms. The molecule has 0 amide bonds. The number of anilines is 2. The van der Waals surface area contributed by atoms with Gasteiger partial charge in [-0.25, -0.2) is 0 Å². The van der Waals surface area contributed by atoms with Crippen molar-refractivity contribution < 1.29 is 0 Å². The minimum Gasteiger partial charge on any atom is -0.354 e. The minimum absolute atomic E-state index is 0.113. The monoisotopic (exact) mass is 708 g/mol. The SMILES string of the molecule is C/C=C\C=C1/CC(N(c2cccc3ccccc23)C2CC=Cc3ccccc32)=c2cc3c(cc2=C1Nc1cccc2ccccc12)C(C)(C)c1ccccc1-3. The predicted octanol–water partition coefficient (Wildman–Crippen LogP) is 12.2. The molecule has 0 saturated carbocycles. The Morgan fingerprint density at radius 2 is 1.38 bits per heavy atom. The molecule has 7 aromatic rings. The topological polar surface area (TPSA) is 15.3 Å². The molecule has 0 saturated heterocycles. The molecule has 10 rings (SSSR count). The third-order valence-corrected chi connectivity index (χ3v) is 12.2. The van der Waals surface area contributed by atoms with Crippen molar-refractivity contribution in [1.82, 2.24) is 0 Å². The van der Waals surface area contributed by atoms with Crippen molar-refractivity contribution in [2.24, 2.45) is 0 Å². The van der Waals surface area contributed by atoms with Crippen LogP contribution in [0.15, 0.2) is 175 Å². The Hall–Kier alpha value is -6.38. The molecule has 0 fully saturated rings. The van der Waals surface area contributed by atoms with Crippen LogP contribution in [0.1, 0.15) is 61.9 Å². The van der Waals surface area contributed by atoms with Gasteiger partial charge in [-0.2, -0.15) is 0 Å². The van der Waals surface area contributed by atoms with E-state index in [1.807, 2.05) is 0 Å². The van der Waals surface area contributed by atoms with Crippen molar-refractivity contribution in [1.29, 1.82) is 0 Å². The number of allylic oxidation sites excluding steroid dienone is 3. The Kier molecular flexibility index (Phi) is 7.96. The van der Waals surface area contributed by atoms with E-state index in [0.717, 1.165) is 18.5 Å². The molecule has 2 heteroatoms. The van der Waals surface area contributed by atoms with E-state index in [2.05, 4.69) is 207 Å². The Bertz CT molecular complexity index is 2890. The molecule has 0 radical (unpaired) electrons. The first kappa shape index (κ1) is 33.2. The summed E-state index contributed by atoms with van der Waals surface area (Å²) in [6.07, 6.45) is 13.0. The lowest BCUT2D eigenvalue weighted by Gasteiger charge is -2.40. The number of hydrogen-bond acceptors (Lipinski definition) is 2. The summed E-state index contributed by atoms with van der Waals surface area (Å²) in [6, 6.07) is 54.1. The second kappa shape index (κ2) is 13.2. The van der Waals surface area contributed by atoms with E-state index in [-0.39, 0.29) is 11.5 Å². The summed E-state index contributed by atoms with van der Waals surface area (Å²) in [6.45, 7) is 6.88. The van der Waals surface area contributed by atoms with Gasteiger partial charge in [0.15, 0.2) is 0 Å². The van der Waals surface area contributed by atoms with E-state index in [0.29, 0.717) is 0 Å². The number of rotatable bonds is 6. The van der Waals surface area contributed by atoms with Crippen LogP contribution in [-0.2, 0) is 5.41 Å². The highest BCUT2D eigenvalue weighted by molar-refractivity contribution is 6.00. The standard InChI is InChI=1S/C53H44N2/c1-4-5-17-38-32-51(55(49-30-15-22-36-19-7-10-25-40(36)49)50-31-16-23-37-20-8-11-26-41(37)50)44-33-43-42-27-12-13-28-46(42)53(2,3)47(43)34-45(44)52(38)54-48-29-14-21-35-18-6-9-24-39(35)48/h4-30,33-34,50,54H,31-32H2,1-3H3/b5-4-,38-17+. The molecule has 55 heavy (non-hydrogen) atoms. The molecule has 0 heterocycles. The molecule has 1 unspecified atom stereocenters. The minimum atomic E-state index is -0.140. The number of fused-ring (bicyclic) bond motifs is 7. The first-order valence-corrected chi connectivity index (χ1v) is 19.6. The van der Waals surface area contributed by atoms with Gasteiger partial charge in [-0.1, -0.05) is 166 Å². The number of nitrogens with one attached hydrogen (secondary N) is 1. The summed E-state index contributed by atoms with van der Waals surface area (Å²) in [4.78, 5) is 2.71. The normalized spacial score (nSPS) is 17.4. The molecule has 266 valence electrons. The van der Waals surface area contributed by atoms with E-state index < -0.39 is 0 Å². The molecule has 0 aliphatic heterocycles. The molecule has 1 N–H and O–H groups in total. The maximum Gasteiger partial charge on any atom is 0.0629 e. The zero-order valence-electron chi connectivity index (χ0n) is 31.7. The maximum atomic E-state index is 4.07.